The van der Waals surface area contributed by atoms with Crippen LogP contribution in [0.25, 0.3) is 0 Å². The standard InChI is InChI=1S/C10H13ClFNO/c1-7(2)8-5-9(11)13-10(6-8)14-4-3-12/h5-7H,3-4H2,1-2H3. The van der Waals surface area contributed by atoms with E-state index in [0.29, 0.717) is 17.0 Å². The fourth-order valence-electron chi connectivity index (χ4n) is 1.04. The fraction of sp³-hybridized carbons (Fsp3) is 0.500. The Labute approximate surface area is 88.1 Å². The molecular weight excluding hydrogens is 205 g/mol. The fourth-order valence-corrected chi connectivity index (χ4v) is 1.25. The molecule has 0 aliphatic rings. The minimum Gasteiger partial charge on any atom is -0.475 e. The van der Waals surface area contributed by atoms with Crippen molar-refractivity contribution in [2.24, 2.45) is 0 Å². The Morgan fingerprint density at radius 3 is 2.79 bits per heavy atom. The van der Waals surface area contributed by atoms with E-state index in [1.54, 1.807) is 12.1 Å². The van der Waals surface area contributed by atoms with Gasteiger partial charge < -0.3 is 4.74 Å². The molecule has 0 amide bonds. The predicted octanol–water partition coefficient (Wildman–Crippen LogP) is 3.21. The van der Waals surface area contributed by atoms with Crippen LogP contribution in [0, 0.1) is 0 Å². The Morgan fingerprint density at radius 1 is 1.50 bits per heavy atom. The van der Waals surface area contributed by atoms with Crippen LogP contribution in [0.5, 0.6) is 5.88 Å². The van der Waals surface area contributed by atoms with Gasteiger partial charge in [0.2, 0.25) is 5.88 Å². The van der Waals surface area contributed by atoms with Crippen LogP contribution in [0.1, 0.15) is 25.3 Å². The minimum atomic E-state index is -0.523. The van der Waals surface area contributed by atoms with E-state index in [1.165, 1.54) is 0 Å². The van der Waals surface area contributed by atoms with Gasteiger partial charge in [-0.1, -0.05) is 25.4 Å². The molecule has 4 heteroatoms. The van der Waals surface area contributed by atoms with E-state index < -0.39 is 6.67 Å². The Kier molecular flexibility index (Phi) is 4.14. The number of nitrogens with zero attached hydrogens (tertiary/aromatic N) is 1. The monoisotopic (exact) mass is 217 g/mol. The SMILES string of the molecule is CC(C)c1cc(Cl)nc(OCCF)c1. The van der Waals surface area contributed by atoms with Gasteiger partial charge in [0, 0.05) is 6.07 Å². The van der Waals surface area contributed by atoms with Gasteiger partial charge in [-0.2, -0.15) is 0 Å². The first-order chi connectivity index (χ1) is 6.63. The number of rotatable bonds is 4. The van der Waals surface area contributed by atoms with E-state index in [2.05, 4.69) is 4.98 Å². The van der Waals surface area contributed by atoms with Crippen molar-refractivity contribution >= 4 is 11.6 Å². The zero-order chi connectivity index (χ0) is 10.6. The van der Waals surface area contributed by atoms with Crippen LogP contribution < -0.4 is 4.74 Å². The van der Waals surface area contributed by atoms with Crippen LogP contribution in [0.3, 0.4) is 0 Å². The van der Waals surface area contributed by atoms with Gasteiger partial charge in [-0.15, -0.1) is 0 Å². The van der Waals surface area contributed by atoms with Crippen molar-refractivity contribution < 1.29 is 9.13 Å². The van der Waals surface area contributed by atoms with E-state index in [0.717, 1.165) is 5.56 Å². The summed E-state index contributed by atoms with van der Waals surface area (Å²) in [4.78, 5) is 3.93. The van der Waals surface area contributed by atoms with Crippen molar-refractivity contribution in [1.29, 1.82) is 0 Å². The van der Waals surface area contributed by atoms with Gasteiger partial charge in [0.1, 0.15) is 18.4 Å². The summed E-state index contributed by atoms with van der Waals surface area (Å²) in [5, 5.41) is 0.380. The molecule has 0 aliphatic heterocycles. The minimum absolute atomic E-state index is 0.0187. The number of ether oxygens (including phenoxy) is 1. The maximum absolute atomic E-state index is 11.9. The number of halogens is 2. The third kappa shape index (κ3) is 3.14. The van der Waals surface area contributed by atoms with Gasteiger partial charge >= 0.3 is 0 Å². The summed E-state index contributed by atoms with van der Waals surface area (Å²) < 4.78 is 16.9. The lowest BCUT2D eigenvalue weighted by Crippen LogP contribution is -2.01. The van der Waals surface area contributed by atoms with Gasteiger partial charge in [-0.3, -0.25) is 0 Å². The van der Waals surface area contributed by atoms with Crippen LogP contribution in [0.4, 0.5) is 4.39 Å². The highest BCUT2D eigenvalue weighted by atomic mass is 35.5. The molecule has 14 heavy (non-hydrogen) atoms. The highest BCUT2D eigenvalue weighted by Gasteiger charge is 2.05. The quantitative estimate of drug-likeness (QED) is 0.723. The summed E-state index contributed by atoms with van der Waals surface area (Å²) in [6.07, 6.45) is 0. The number of aromatic nitrogens is 1. The van der Waals surface area contributed by atoms with Crippen LogP contribution in [-0.2, 0) is 0 Å². The zero-order valence-electron chi connectivity index (χ0n) is 8.26. The second-order valence-corrected chi connectivity index (χ2v) is 3.64. The Hall–Kier alpha value is -0.830. The summed E-state index contributed by atoms with van der Waals surface area (Å²) in [6, 6.07) is 3.57. The summed E-state index contributed by atoms with van der Waals surface area (Å²) >= 11 is 5.79. The summed E-state index contributed by atoms with van der Waals surface area (Å²) in [5.74, 6) is 0.738. The molecule has 1 aromatic rings. The van der Waals surface area contributed by atoms with Gasteiger partial charge in [0.15, 0.2) is 0 Å². The predicted molar refractivity (Wildman–Crippen MR) is 54.8 cm³/mol. The molecule has 0 saturated carbocycles. The first-order valence-electron chi connectivity index (χ1n) is 4.49. The molecule has 0 atom stereocenters. The summed E-state index contributed by atoms with van der Waals surface area (Å²) in [7, 11) is 0. The average Bonchev–Trinajstić information content (AvgIpc) is 2.14. The number of alkyl halides is 1. The molecule has 1 aromatic heterocycles. The summed E-state index contributed by atoms with van der Waals surface area (Å²) in [5.41, 5.74) is 1.04. The van der Waals surface area contributed by atoms with Crippen molar-refractivity contribution in [3.8, 4) is 5.88 Å². The first-order valence-corrected chi connectivity index (χ1v) is 4.87. The molecule has 0 radical (unpaired) electrons. The second kappa shape index (κ2) is 5.15. The topological polar surface area (TPSA) is 22.1 Å². The summed E-state index contributed by atoms with van der Waals surface area (Å²) in [6.45, 7) is 3.59. The maximum Gasteiger partial charge on any atom is 0.215 e. The largest absolute Gasteiger partial charge is 0.475 e. The smallest absolute Gasteiger partial charge is 0.215 e. The van der Waals surface area contributed by atoms with Crippen molar-refractivity contribution in [3.63, 3.8) is 0 Å². The highest BCUT2D eigenvalue weighted by molar-refractivity contribution is 6.29. The number of pyridine rings is 1. The molecule has 1 heterocycles. The van der Waals surface area contributed by atoms with Crippen molar-refractivity contribution in [1.82, 2.24) is 4.98 Å². The van der Waals surface area contributed by atoms with Gasteiger partial charge in [0.05, 0.1) is 0 Å². The van der Waals surface area contributed by atoms with Crippen LogP contribution >= 0.6 is 11.6 Å². The van der Waals surface area contributed by atoms with Gasteiger partial charge in [-0.25, -0.2) is 9.37 Å². The molecule has 0 fully saturated rings. The molecular formula is C10H13ClFNO. The van der Waals surface area contributed by atoms with E-state index in [-0.39, 0.29) is 6.61 Å². The average molecular weight is 218 g/mol. The zero-order valence-corrected chi connectivity index (χ0v) is 9.01. The van der Waals surface area contributed by atoms with Crippen molar-refractivity contribution in [2.45, 2.75) is 19.8 Å². The molecule has 0 bridgehead atoms. The van der Waals surface area contributed by atoms with Gasteiger partial charge in [-0.05, 0) is 17.5 Å². The third-order valence-corrected chi connectivity index (χ3v) is 1.98. The maximum atomic E-state index is 11.9. The van der Waals surface area contributed by atoms with Crippen LogP contribution in [-0.4, -0.2) is 18.3 Å². The van der Waals surface area contributed by atoms with Gasteiger partial charge in [0.25, 0.3) is 0 Å². The van der Waals surface area contributed by atoms with Crippen LogP contribution in [0.15, 0.2) is 12.1 Å². The molecule has 0 saturated heterocycles. The van der Waals surface area contributed by atoms with Crippen LogP contribution in [0.2, 0.25) is 5.15 Å². The molecule has 78 valence electrons. The molecule has 0 N–H and O–H groups in total. The Balaban J connectivity index is 2.84. The lowest BCUT2D eigenvalue weighted by Gasteiger charge is -2.08. The molecule has 0 aromatic carbocycles. The molecule has 1 rings (SSSR count). The highest BCUT2D eigenvalue weighted by Crippen LogP contribution is 2.22. The second-order valence-electron chi connectivity index (χ2n) is 3.25. The Morgan fingerprint density at radius 2 is 2.21 bits per heavy atom. The molecule has 0 spiro atoms. The Bertz CT molecular complexity index is 304. The molecule has 0 unspecified atom stereocenters. The normalized spacial score (nSPS) is 10.6. The lowest BCUT2D eigenvalue weighted by molar-refractivity contribution is 0.264. The lowest BCUT2D eigenvalue weighted by atomic mass is 10.1. The van der Waals surface area contributed by atoms with Crippen molar-refractivity contribution in [3.05, 3.63) is 22.8 Å². The van der Waals surface area contributed by atoms with E-state index in [9.17, 15) is 4.39 Å². The van der Waals surface area contributed by atoms with E-state index in [1.807, 2.05) is 13.8 Å². The third-order valence-electron chi connectivity index (χ3n) is 1.79. The van der Waals surface area contributed by atoms with E-state index >= 15 is 0 Å². The molecule has 2 nitrogen and oxygen atoms in total. The molecule has 0 aliphatic carbocycles. The van der Waals surface area contributed by atoms with E-state index in [4.69, 9.17) is 16.3 Å². The number of hydrogen-bond donors (Lipinski definition) is 0. The first kappa shape index (κ1) is 11.2. The van der Waals surface area contributed by atoms with Crippen molar-refractivity contribution in [2.75, 3.05) is 13.3 Å². The number of hydrogen-bond acceptors (Lipinski definition) is 2.